The Morgan fingerprint density at radius 2 is 2.00 bits per heavy atom. The highest BCUT2D eigenvalue weighted by Gasteiger charge is 2.08. The number of rotatable bonds is 4. The minimum Gasteiger partial charge on any atom is -0.325 e. The van der Waals surface area contributed by atoms with Gasteiger partial charge in [0.15, 0.2) is 0 Å². The molecule has 1 rings (SSSR count). The van der Waals surface area contributed by atoms with Crippen LogP contribution in [0.15, 0.2) is 24.3 Å². The lowest BCUT2D eigenvalue weighted by Crippen LogP contribution is -2.11. The summed E-state index contributed by atoms with van der Waals surface area (Å²) in [6.07, 6.45) is 1.14. The number of carbonyl (C=O) groups is 1. The Morgan fingerprint density at radius 3 is 2.60 bits per heavy atom. The van der Waals surface area contributed by atoms with Gasteiger partial charge in [0.2, 0.25) is 5.91 Å². The van der Waals surface area contributed by atoms with Crippen molar-refractivity contribution >= 4 is 31.4 Å². The molecule has 0 spiro atoms. The SMILES string of the molecule is CCCC(=O)Nc1ccccc1I(=O)=O. The van der Waals surface area contributed by atoms with Crippen molar-refractivity contribution in [3.8, 4) is 0 Å². The minimum absolute atomic E-state index is 0.150. The fourth-order valence-electron chi connectivity index (χ4n) is 1.14. The maximum absolute atomic E-state index is 11.3. The molecule has 15 heavy (non-hydrogen) atoms. The quantitative estimate of drug-likeness (QED) is 0.868. The van der Waals surface area contributed by atoms with Crippen molar-refractivity contribution in [3.05, 3.63) is 27.8 Å². The van der Waals surface area contributed by atoms with Gasteiger partial charge in [0.05, 0.1) is 9.26 Å². The van der Waals surface area contributed by atoms with E-state index in [1.807, 2.05) is 6.92 Å². The third-order valence-electron chi connectivity index (χ3n) is 1.79. The summed E-state index contributed by atoms with van der Waals surface area (Å²) >= 11 is -3.53. The lowest BCUT2D eigenvalue weighted by atomic mass is 10.3. The van der Waals surface area contributed by atoms with Crippen LogP contribution in [-0.2, 0) is 10.9 Å². The molecule has 0 heterocycles. The predicted octanol–water partition coefficient (Wildman–Crippen LogP) is 2.79. The Hall–Kier alpha value is -0.980. The molecular formula is C10H12INO3. The van der Waals surface area contributed by atoms with Crippen LogP contribution in [0.1, 0.15) is 19.8 Å². The van der Waals surface area contributed by atoms with Crippen molar-refractivity contribution in [2.24, 2.45) is 0 Å². The fourth-order valence-corrected chi connectivity index (χ4v) is 2.43. The van der Waals surface area contributed by atoms with E-state index in [1.54, 1.807) is 18.2 Å². The molecule has 1 N–H and O–H groups in total. The number of hydrogen-bond acceptors (Lipinski definition) is 3. The molecule has 0 unspecified atom stereocenters. The number of benzene rings is 1. The van der Waals surface area contributed by atoms with Crippen molar-refractivity contribution in [3.63, 3.8) is 0 Å². The van der Waals surface area contributed by atoms with E-state index in [1.165, 1.54) is 6.07 Å². The molecule has 1 aromatic carbocycles. The number of carbonyl (C=O) groups excluding carboxylic acids is 1. The first-order chi connectivity index (χ1) is 7.15. The van der Waals surface area contributed by atoms with Crippen LogP contribution in [0, 0.1) is 3.57 Å². The molecule has 0 fully saturated rings. The standard InChI is InChI=1S/C10H12INO3/c1-2-5-10(13)12-9-7-4-3-6-8(9)11(14)15/h3-4,6-7H,2,5H2,1H3,(H,12,13). The number of halogens is 1. The van der Waals surface area contributed by atoms with E-state index in [2.05, 4.69) is 5.32 Å². The molecule has 4 nitrogen and oxygen atoms in total. The second-order valence-electron chi connectivity index (χ2n) is 3.00. The summed E-state index contributed by atoms with van der Waals surface area (Å²) in [5.74, 6) is -0.150. The van der Waals surface area contributed by atoms with Gasteiger partial charge in [0.1, 0.15) is 0 Å². The zero-order valence-corrected chi connectivity index (χ0v) is 10.5. The van der Waals surface area contributed by atoms with Crippen LogP contribution in [-0.4, -0.2) is 5.91 Å². The van der Waals surface area contributed by atoms with Gasteiger partial charge in [-0.1, -0.05) is 19.1 Å². The van der Waals surface area contributed by atoms with E-state index >= 15 is 0 Å². The molecule has 0 atom stereocenters. The van der Waals surface area contributed by atoms with Crippen LogP contribution in [0.2, 0.25) is 0 Å². The van der Waals surface area contributed by atoms with Gasteiger partial charge < -0.3 is 5.32 Å². The zero-order chi connectivity index (χ0) is 11.3. The predicted molar refractivity (Wildman–Crippen MR) is 64.1 cm³/mol. The third-order valence-corrected chi connectivity index (χ3v) is 3.68. The molecule has 5 heteroatoms. The highest BCUT2D eigenvalue weighted by Crippen LogP contribution is 2.25. The molecule has 0 radical (unpaired) electrons. The van der Waals surface area contributed by atoms with E-state index in [4.69, 9.17) is 0 Å². The average molecular weight is 321 g/mol. The fraction of sp³-hybridized carbons (Fsp3) is 0.300. The molecule has 0 saturated carbocycles. The average Bonchev–Trinajstić information content (AvgIpc) is 2.18. The molecule has 82 valence electrons. The van der Waals surface area contributed by atoms with Crippen LogP contribution in [0.5, 0.6) is 0 Å². The van der Waals surface area contributed by atoms with E-state index in [0.717, 1.165) is 6.42 Å². The van der Waals surface area contributed by atoms with Crippen LogP contribution >= 0.6 is 19.8 Å². The van der Waals surface area contributed by atoms with Gasteiger partial charge in [0.25, 0.3) is 0 Å². The normalized spacial score (nSPS) is 10.3. The van der Waals surface area contributed by atoms with Crippen LogP contribution in [0.4, 0.5) is 5.69 Å². The summed E-state index contributed by atoms with van der Waals surface area (Å²) in [4.78, 5) is 11.3. The van der Waals surface area contributed by atoms with Crippen molar-refractivity contribution in [2.75, 3.05) is 5.32 Å². The smallest absolute Gasteiger partial charge is 0.325 e. The summed E-state index contributed by atoms with van der Waals surface area (Å²) in [5, 5.41) is 2.59. The molecule has 0 aliphatic rings. The number of nitrogens with one attached hydrogen (secondary N) is 1. The minimum atomic E-state index is -3.53. The summed E-state index contributed by atoms with van der Waals surface area (Å²) in [7, 11) is 0. The largest absolute Gasteiger partial charge is 0.342 e. The van der Waals surface area contributed by atoms with E-state index in [0.29, 0.717) is 12.1 Å². The van der Waals surface area contributed by atoms with Gasteiger partial charge in [-0.15, -0.1) is 0 Å². The van der Waals surface area contributed by atoms with E-state index < -0.39 is 19.8 Å². The molecule has 0 aliphatic carbocycles. The molecule has 0 saturated heterocycles. The second kappa shape index (κ2) is 5.79. The topological polar surface area (TPSA) is 63.2 Å². The summed E-state index contributed by atoms with van der Waals surface area (Å²) in [5.41, 5.74) is 0.395. The summed E-state index contributed by atoms with van der Waals surface area (Å²) in [6.45, 7) is 1.89. The van der Waals surface area contributed by atoms with Crippen LogP contribution in [0.3, 0.4) is 0 Å². The molecule has 0 aromatic heterocycles. The van der Waals surface area contributed by atoms with Crippen molar-refractivity contribution < 1.29 is 10.9 Å². The monoisotopic (exact) mass is 321 g/mol. The first kappa shape index (κ1) is 12.1. The number of hydrogen-bond donors (Lipinski definition) is 1. The van der Waals surface area contributed by atoms with E-state index in [-0.39, 0.29) is 9.48 Å². The van der Waals surface area contributed by atoms with Gasteiger partial charge in [0, 0.05) is 6.42 Å². The lowest BCUT2D eigenvalue weighted by Gasteiger charge is -2.05. The second-order valence-corrected chi connectivity index (χ2v) is 5.40. The number of anilines is 1. The van der Waals surface area contributed by atoms with Gasteiger partial charge in [-0.2, -0.15) is 0 Å². The maximum Gasteiger partial charge on any atom is 0.342 e. The maximum atomic E-state index is 11.3. The first-order valence-electron chi connectivity index (χ1n) is 4.59. The Bertz CT molecular complexity index is 418. The Labute approximate surface area is 95.2 Å². The molecule has 0 bridgehead atoms. The van der Waals surface area contributed by atoms with Crippen LogP contribution in [0.25, 0.3) is 0 Å². The Kier molecular flexibility index (Phi) is 4.67. The van der Waals surface area contributed by atoms with Crippen molar-refractivity contribution in [1.29, 1.82) is 0 Å². The first-order valence-corrected chi connectivity index (χ1v) is 7.43. The van der Waals surface area contributed by atoms with Gasteiger partial charge in [-0.3, -0.25) is 4.79 Å². The zero-order valence-electron chi connectivity index (χ0n) is 8.33. The van der Waals surface area contributed by atoms with Gasteiger partial charge >= 0.3 is 19.8 Å². The van der Waals surface area contributed by atoms with E-state index in [9.17, 15) is 10.9 Å². The third kappa shape index (κ3) is 3.58. The Morgan fingerprint density at radius 1 is 1.33 bits per heavy atom. The molecule has 1 amide bonds. The molecular weight excluding hydrogens is 309 g/mol. The summed E-state index contributed by atoms with van der Waals surface area (Å²) < 4.78 is 22.1. The van der Waals surface area contributed by atoms with Crippen LogP contribution < -0.4 is 5.32 Å². The molecule has 1 aromatic rings. The molecule has 0 aliphatic heterocycles. The lowest BCUT2D eigenvalue weighted by molar-refractivity contribution is -0.116. The Balaban J connectivity index is 2.89. The van der Waals surface area contributed by atoms with Gasteiger partial charge in [-0.05, 0) is 18.6 Å². The number of amides is 1. The number of para-hydroxylation sites is 1. The highest BCUT2D eigenvalue weighted by molar-refractivity contribution is 14.2. The summed E-state index contributed by atoms with van der Waals surface area (Å²) in [6, 6.07) is 6.45. The van der Waals surface area contributed by atoms with Crippen molar-refractivity contribution in [2.45, 2.75) is 19.8 Å². The van der Waals surface area contributed by atoms with Gasteiger partial charge in [-0.25, -0.2) is 6.14 Å². The highest BCUT2D eigenvalue weighted by atomic mass is 127. The van der Waals surface area contributed by atoms with Crippen molar-refractivity contribution in [1.82, 2.24) is 0 Å².